The quantitative estimate of drug-likeness (QED) is 0.241. The van der Waals surface area contributed by atoms with Crippen LogP contribution in [0.2, 0.25) is 16.6 Å². The van der Waals surface area contributed by atoms with Gasteiger partial charge in [-0.1, -0.05) is 90.1 Å². The van der Waals surface area contributed by atoms with Gasteiger partial charge >= 0.3 is 0 Å². The highest BCUT2D eigenvalue weighted by Crippen LogP contribution is 2.48. The standard InChI is InChI=1S/C31H37NO3Si/c1-21(2)36(22(3)4,23(5)6)20-30-31(33)32(28-19-25(34-7)17-18-29(28)35-30)27-16-12-11-15-26(27)24-13-9-8-10-14-24/h8-23H,1-7H3/b30-20-. The Bertz CT molecular complexity index is 1240. The fourth-order valence-electron chi connectivity index (χ4n) is 5.85. The molecule has 188 valence electrons. The second kappa shape index (κ2) is 10.4. The molecule has 5 heteroatoms. The van der Waals surface area contributed by atoms with Gasteiger partial charge in [-0.2, -0.15) is 0 Å². The molecule has 0 saturated heterocycles. The monoisotopic (exact) mass is 499 g/mol. The lowest BCUT2D eigenvalue weighted by Gasteiger charge is -2.42. The van der Waals surface area contributed by atoms with E-state index in [2.05, 4.69) is 65.4 Å². The first-order valence-corrected chi connectivity index (χ1v) is 15.1. The average Bonchev–Trinajstić information content (AvgIpc) is 2.87. The van der Waals surface area contributed by atoms with Crippen LogP contribution >= 0.6 is 0 Å². The zero-order chi connectivity index (χ0) is 26.0. The highest BCUT2D eigenvalue weighted by Gasteiger charge is 2.44. The number of benzene rings is 3. The first kappa shape index (κ1) is 25.8. The molecule has 0 fully saturated rings. The van der Waals surface area contributed by atoms with E-state index in [9.17, 15) is 4.79 Å². The van der Waals surface area contributed by atoms with Gasteiger partial charge in [-0.25, -0.2) is 0 Å². The lowest BCUT2D eigenvalue weighted by atomic mass is 10.0. The van der Waals surface area contributed by atoms with Crippen molar-refractivity contribution in [3.8, 4) is 22.6 Å². The third-order valence-corrected chi connectivity index (χ3v) is 14.4. The van der Waals surface area contributed by atoms with Gasteiger partial charge in [0.15, 0.2) is 11.5 Å². The minimum atomic E-state index is -2.06. The molecule has 0 aliphatic carbocycles. The summed E-state index contributed by atoms with van der Waals surface area (Å²) in [6.07, 6.45) is 0. The molecular formula is C31H37NO3Si. The second-order valence-electron chi connectivity index (χ2n) is 10.4. The summed E-state index contributed by atoms with van der Waals surface area (Å²) >= 11 is 0. The third-order valence-electron chi connectivity index (χ3n) is 7.65. The number of rotatable bonds is 7. The summed E-state index contributed by atoms with van der Waals surface area (Å²) in [6.45, 7) is 13.7. The van der Waals surface area contributed by atoms with E-state index in [0.717, 1.165) is 16.8 Å². The van der Waals surface area contributed by atoms with Gasteiger partial charge in [0.1, 0.15) is 5.75 Å². The molecule has 4 nitrogen and oxygen atoms in total. The van der Waals surface area contributed by atoms with E-state index in [1.54, 1.807) is 12.0 Å². The fraction of sp³-hybridized carbons (Fsp3) is 0.323. The van der Waals surface area contributed by atoms with Crippen LogP contribution in [0.3, 0.4) is 0 Å². The fourth-order valence-corrected chi connectivity index (χ4v) is 11.5. The number of hydrogen-bond acceptors (Lipinski definition) is 3. The van der Waals surface area contributed by atoms with Gasteiger partial charge in [-0.05, 0) is 46.1 Å². The molecule has 1 heterocycles. The Morgan fingerprint density at radius 1 is 0.806 bits per heavy atom. The minimum Gasteiger partial charge on any atom is -0.497 e. The van der Waals surface area contributed by atoms with Crippen LogP contribution in [0.5, 0.6) is 11.5 Å². The van der Waals surface area contributed by atoms with Crippen LogP contribution < -0.4 is 14.4 Å². The van der Waals surface area contributed by atoms with E-state index in [0.29, 0.717) is 39.6 Å². The zero-order valence-corrected chi connectivity index (χ0v) is 23.4. The van der Waals surface area contributed by atoms with E-state index in [4.69, 9.17) is 9.47 Å². The zero-order valence-electron chi connectivity index (χ0n) is 22.4. The first-order valence-electron chi connectivity index (χ1n) is 12.8. The Balaban J connectivity index is 1.97. The maximum Gasteiger partial charge on any atom is 0.297 e. The maximum atomic E-state index is 14.3. The number of carbonyl (C=O) groups is 1. The number of amides is 1. The number of ether oxygens (including phenoxy) is 2. The number of para-hydroxylation sites is 1. The van der Waals surface area contributed by atoms with Gasteiger partial charge < -0.3 is 9.47 Å². The number of anilines is 2. The van der Waals surface area contributed by atoms with Crippen LogP contribution in [0.4, 0.5) is 11.4 Å². The largest absolute Gasteiger partial charge is 0.497 e. The van der Waals surface area contributed by atoms with Gasteiger partial charge in [0.05, 0.1) is 26.6 Å². The molecule has 1 amide bonds. The molecule has 0 saturated carbocycles. The number of methoxy groups -OCH3 is 1. The van der Waals surface area contributed by atoms with Crippen molar-refractivity contribution >= 4 is 25.4 Å². The molecule has 0 aromatic heterocycles. The molecule has 3 aromatic carbocycles. The van der Waals surface area contributed by atoms with Crippen LogP contribution in [-0.2, 0) is 4.79 Å². The van der Waals surface area contributed by atoms with Crippen molar-refractivity contribution in [3.63, 3.8) is 0 Å². The molecule has 0 unspecified atom stereocenters. The number of hydrogen-bond donors (Lipinski definition) is 0. The van der Waals surface area contributed by atoms with Gasteiger partial charge in [-0.15, -0.1) is 0 Å². The van der Waals surface area contributed by atoms with E-state index in [-0.39, 0.29) is 5.91 Å². The highest BCUT2D eigenvalue weighted by atomic mass is 28.3. The summed E-state index contributed by atoms with van der Waals surface area (Å²) in [6, 6.07) is 23.9. The number of carbonyl (C=O) groups excluding carboxylic acids is 1. The topological polar surface area (TPSA) is 38.8 Å². The molecule has 0 N–H and O–H groups in total. The van der Waals surface area contributed by atoms with Crippen LogP contribution in [0.25, 0.3) is 11.1 Å². The van der Waals surface area contributed by atoms with Crippen molar-refractivity contribution in [2.45, 2.75) is 58.2 Å². The van der Waals surface area contributed by atoms with Gasteiger partial charge in [0.25, 0.3) is 5.91 Å². The SMILES string of the molecule is COc1ccc2c(c1)N(c1ccccc1-c1ccccc1)C(=O)/C(=C/[Si](C(C)C)(C(C)C)C(C)C)O2. The number of nitrogens with zero attached hydrogens (tertiary/aromatic N) is 1. The summed E-state index contributed by atoms with van der Waals surface area (Å²) < 4.78 is 11.9. The summed E-state index contributed by atoms with van der Waals surface area (Å²) in [7, 11) is -0.430. The third kappa shape index (κ3) is 4.48. The molecule has 4 rings (SSSR count). The average molecular weight is 500 g/mol. The summed E-state index contributed by atoms with van der Waals surface area (Å²) in [4.78, 5) is 16.1. The normalized spacial score (nSPS) is 15.0. The molecule has 1 aliphatic heterocycles. The summed E-state index contributed by atoms with van der Waals surface area (Å²) in [5, 5.41) is 0. The van der Waals surface area contributed by atoms with Crippen molar-refractivity contribution in [1.82, 2.24) is 0 Å². The Kier molecular flexibility index (Phi) is 7.41. The lowest BCUT2D eigenvalue weighted by Crippen LogP contribution is -2.45. The van der Waals surface area contributed by atoms with E-state index in [1.807, 2.05) is 54.6 Å². The molecule has 0 radical (unpaired) electrons. The van der Waals surface area contributed by atoms with E-state index in [1.165, 1.54) is 0 Å². The molecule has 0 bridgehead atoms. The maximum absolute atomic E-state index is 14.3. The van der Waals surface area contributed by atoms with Crippen LogP contribution in [0.1, 0.15) is 41.5 Å². The van der Waals surface area contributed by atoms with Crippen LogP contribution in [0, 0.1) is 0 Å². The number of fused-ring (bicyclic) bond motifs is 1. The van der Waals surface area contributed by atoms with E-state index >= 15 is 0 Å². The lowest BCUT2D eigenvalue weighted by molar-refractivity contribution is -0.116. The van der Waals surface area contributed by atoms with Gasteiger partial charge in [0.2, 0.25) is 0 Å². The second-order valence-corrected chi connectivity index (χ2v) is 16.2. The van der Waals surface area contributed by atoms with Gasteiger partial charge in [0, 0.05) is 11.6 Å². The summed E-state index contributed by atoms with van der Waals surface area (Å²) in [5.41, 5.74) is 7.17. The Labute approximate surface area is 216 Å². The highest BCUT2D eigenvalue weighted by molar-refractivity contribution is 6.88. The van der Waals surface area contributed by atoms with Crippen molar-refractivity contribution in [2.24, 2.45) is 0 Å². The first-order chi connectivity index (χ1) is 17.2. The Hall–Kier alpha value is -3.31. The van der Waals surface area contributed by atoms with Crippen LogP contribution in [0.15, 0.2) is 84.3 Å². The molecule has 36 heavy (non-hydrogen) atoms. The predicted octanol–water partition coefficient (Wildman–Crippen LogP) is 8.52. The summed E-state index contributed by atoms with van der Waals surface area (Å²) in [5.74, 6) is 1.62. The molecule has 0 atom stereocenters. The predicted molar refractivity (Wildman–Crippen MR) is 152 cm³/mol. The van der Waals surface area contributed by atoms with Crippen molar-refractivity contribution in [1.29, 1.82) is 0 Å². The van der Waals surface area contributed by atoms with Gasteiger partial charge in [-0.3, -0.25) is 9.69 Å². The molecule has 0 spiro atoms. The smallest absolute Gasteiger partial charge is 0.297 e. The Morgan fingerprint density at radius 2 is 1.42 bits per heavy atom. The molecule has 3 aromatic rings. The van der Waals surface area contributed by atoms with Crippen LogP contribution in [-0.4, -0.2) is 21.1 Å². The van der Waals surface area contributed by atoms with Crippen molar-refractivity contribution in [2.75, 3.05) is 12.0 Å². The van der Waals surface area contributed by atoms with E-state index < -0.39 is 8.07 Å². The Morgan fingerprint density at radius 3 is 2.03 bits per heavy atom. The van der Waals surface area contributed by atoms with Crippen molar-refractivity contribution < 1.29 is 14.3 Å². The van der Waals surface area contributed by atoms with Crippen molar-refractivity contribution in [3.05, 3.63) is 84.3 Å². The molecule has 1 aliphatic rings. The minimum absolute atomic E-state index is 0.141. The molecular weight excluding hydrogens is 462 g/mol.